The molecule has 1 aromatic heterocycles. The largest absolute Gasteiger partial charge is 0.338 e. The average molecular weight is 281 g/mol. The van der Waals surface area contributed by atoms with Crippen LogP contribution in [0.2, 0.25) is 0 Å². The van der Waals surface area contributed by atoms with E-state index in [2.05, 4.69) is 33.0 Å². The van der Waals surface area contributed by atoms with Gasteiger partial charge < -0.3 is 4.52 Å². The van der Waals surface area contributed by atoms with Crippen molar-refractivity contribution in [2.45, 2.75) is 25.1 Å². The van der Waals surface area contributed by atoms with E-state index in [1.807, 2.05) is 31.2 Å². The van der Waals surface area contributed by atoms with Crippen LogP contribution in [0.25, 0.3) is 11.4 Å². The molecule has 0 saturated carbocycles. The highest BCUT2D eigenvalue weighted by Gasteiger charge is 2.15. The minimum atomic E-state index is 0.137. The molecule has 1 heterocycles. The van der Waals surface area contributed by atoms with Crippen molar-refractivity contribution in [2.75, 3.05) is 0 Å². The monoisotopic (exact) mass is 280 g/mol. The molecule has 16 heavy (non-hydrogen) atoms. The molecule has 0 bridgehead atoms. The molecular formula is C12H13BrN2O. The van der Waals surface area contributed by atoms with Gasteiger partial charge in [-0.3, -0.25) is 0 Å². The van der Waals surface area contributed by atoms with Gasteiger partial charge in [0.1, 0.15) is 0 Å². The second kappa shape index (κ2) is 4.78. The fraction of sp³-hybridized carbons (Fsp3) is 0.333. The molecule has 84 valence electrons. The summed E-state index contributed by atoms with van der Waals surface area (Å²) in [5, 5.41) is 4.00. The fourth-order valence-corrected chi connectivity index (χ4v) is 1.66. The predicted molar refractivity (Wildman–Crippen MR) is 66.4 cm³/mol. The minimum absolute atomic E-state index is 0.137. The van der Waals surface area contributed by atoms with Gasteiger partial charge in [-0.2, -0.15) is 4.98 Å². The van der Waals surface area contributed by atoms with Crippen LogP contribution in [0.15, 0.2) is 28.8 Å². The summed E-state index contributed by atoms with van der Waals surface area (Å²) in [5.41, 5.74) is 2.17. The summed E-state index contributed by atoms with van der Waals surface area (Å²) in [6.45, 7) is 4.11. The zero-order valence-corrected chi connectivity index (χ0v) is 10.9. The molecule has 2 aromatic rings. The number of benzene rings is 1. The van der Waals surface area contributed by atoms with Gasteiger partial charge in [0.2, 0.25) is 11.7 Å². The first-order valence-electron chi connectivity index (χ1n) is 5.26. The Morgan fingerprint density at radius 3 is 2.81 bits per heavy atom. The number of aromatic nitrogens is 2. The van der Waals surface area contributed by atoms with E-state index in [0.29, 0.717) is 11.7 Å². The van der Waals surface area contributed by atoms with Crippen LogP contribution in [0, 0.1) is 6.92 Å². The maximum atomic E-state index is 5.22. The second-order valence-corrected chi connectivity index (χ2v) is 4.75. The van der Waals surface area contributed by atoms with Crippen molar-refractivity contribution < 1.29 is 4.52 Å². The van der Waals surface area contributed by atoms with E-state index in [4.69, 9.17) is 4.52 Å². The molecule has 0 N–H and O–H groups in total. The Morgan fingerprint density at radius 1 is 1.38 bits per heavy atom. The number of aryl methyl sites for hydroxylation is 1. The molecule has 0 aliphatic carbocycles. The lowest BCUT2D eigenvalue weighted by Crippen LogP contribution is -1.88. The van der Waals surface area contributed by atoms with Gasteiger partial charge in [-0.1, -0.05) is 52.3 Å². The maximum Gasteiger partial charge on any atom is 0.240 e. The number of alkyl halides is 1. The van der Waals surface area contributed by atoms with Gasteiger partial charge in [-0.05, 0) is 18.9 Å². The molecule has 0 saturated heterocycles. The van der Waals surface area contributed by atoms with Crippen LogP contribution in [0.3, 0.4) is 0 Å². The third kappa shape index (κ3) is 2.16. The van der Waals surface area contributed by atoms with Crippen molar-refractivity contribution in [3.05, 3.63) is 35.7 Å². The first-order chi connectivity index (χ1) is 7.72. The minimum Gasteiger partial charge on any atom is -0.338 e. The summed E-state index contributed by atoms with van der Waals surface area (Å²) < 4.78 is 5.22. The van der Waals surface area contributed by atoms with Gasteiger partial charge in [0.05, 0.1) is 4.83 Å². The first-order valence-corrected chi connectivity index (χ1v) is 6.17. The Labute approximate surface area is 103 Å². The maximum absolute atomic E-state index is 5.22. The quantitative estimate of drug-likeness (QED) is 0.801. The number of nitrogens with zero attached hydrogens (tertiary/aromatic N) is 2. The van der Waals surface area contributed by atoms with Gasteiger partial charge in [-0.15, -0.1) is 0 Å². The molecule has 1 atom stereocenters. The summed E-state index contributed by atoms with van der Waals surface area (Å²) in [6, 6.07) is 8.01. The molecule has 2 rings (SSSR count). The Kier molecular flexibility index (Phi) is 3.39. The molecule has 1 unspecified atom stereocenters. The topological polar surface area (TPSA) is 38.9 Å². The molecule has 0 aliphatic heterocycles. The molecular weight excluding hydrogens is 268 g/mol. The van der Waals surface area contributed by atoms with Crippen LogP contribution < -0.4 is 0 Å². The summed E-state index contributed by atoms with van der Waals surface area (Å²) in [4.78, 5) is 4.52. The van der Waals surface area contributed by atoms with Gasteiger partial charge in [-0.25, -0.2) is 0 Å². The smallest absolute Gasteiger partial charge is 0.240 e. The normalized spacial score (nSPS) is 12.7. The third-order valence-corrected chi connectivity index (χ3v) is 3.49. The van der Waals surface area contributed by atoms with Crippen molar-refractivity contribution in [3.63, 3.8) is 0 Å². The van der Waals surface area contributed by atoms with Crippen LogP contribution >= 0.6 is 15.9 Å². The molecule has 0 radical (unpaired) electrons. The van der Waals surface area contributed by atoms with Crippen molar-refractivity contribution >= 4 is 15.9 Å². The lowest BCUT2D eigenvalue weighted by atomic mass is 10.1. The lowest BCUT2D eigenvalue weighted by Gasteiger charge is -1.99. The second-order valence-electron chi connectivity index (χ2n) is 3.65. The van der Waals surface area contributed by atoms with Crippen molar-refractivity contribution in [2.24, 2.45) is 0 Å². The highest BCUT2D eigenvalue weighted by atomic mass is 79.9. The average Bonchev–Trinajstić information content (AvgIpc) is 2.78. The van der Waals surface area contributed by atoms with E-state index in [-0.39, 0.29) is 4.83 Å². The molecule has 0 amide bonds. The Balaban J connectivity index is 2.35. The number of halogens is 1. The molecule has 0 spiro atoms. The summed E-state index contributed by atoms with van der Waals surface area (Å²) in [6.07, 6.45) is 0.926. The van der Waals surface area contributed by atoms with Gasteiger partial charge >= 0.3 is 0 Å². The van der Waals surface area contributed by atoms with Crippen molar-refractivity contribution in [3.8, 4) is 11.4 Å². The number of hydrogen-bond donors (Lipinski definition) is 0. The van der Waals surface area contributed by atoms with Crippen LogP contribution in [0.5, 0.6) is 0 Å². The van der Waals surface area contributed by atoms with Crippen LogP contribution in [-0.2, 0) is 0 Å². The SMILES string of the molecule is CCC(Br)c1nc(-c2ccccc2C)no1. The van der Waals surface area contributed by atoms with E-state index >= 15 is 0 Å². The molecule has 4 heteroatoms. The van der Waals surface area contributed by atoms with Crippen LogP contribution in [0.1, 0.15) is 29.6 Å². The Morgan fingerprint density at radius 2 is 2.12 bits per heavy atom. The first kappa shape index (κ1) is 11.3. The third-order valence-electron chi connectivity index (χ3n) is 2.45. The summed E-state index contributed by atoms with van der Waals surface area (Å²) in [7, 11) is 0. The Hall–Kier alpha value is -1.16. The molecule has 0 aliphatic rings. The van der Waals surface area contributed by atoms with Crippen molar-refractivity contribution in [1.82, 2.24) is 10.1 Å². The van der Waals surface area contributed by atoms with E-state index in [1.165, 1.54) is 0 Å². The van der Waals surface area contributed by atoms with E-state index in [9.17, 15) is 0 Å². The summed E-state index contributed by atoms with van der Waals surface area (Å²) in [5.74, 6) is 1.30. The van der Waals surface area contributed by atoms with Crippen molar-refractivity contribution in [1.29, 1.82) is 0 Å². The molecule has 0 fully saturated rings. The highest BCUT2D eigenvalue weighted by molar-refractivity contribution is 9.09. The van der Waals surface area contributed by atoms with Crippen LogP contribution in [0.4, 0.5) is 0 Å². The lowest BCUT2D eigenvalue weighted by molar-refractivity contribution is 0.377. The van der Waals surface area contributed by atoms with E-state index in [0.717, 1.165) is 17.5 Å². The standard InChI is InChI=1S/C12H13BrN2O/c1-3-10(13)12-14-11(15-16-12)9-7-5-4-6-8(9)2/h4-7,10H,3H2,1-2H3. The zero-order valence-electron chi connectivity index (χ0n) is 9.27. The highest BCUT2D eigenvalue weighted by Crippen LogP contribution is 2.27. The van der Waals surface area contributed by atoms with Gasteiger partial charge in [0, 0.05) is 5.56 Å². The predicted octanol–water partition coefficient (Wildman–Crippen LogP) is 3.89. The number of rotatable bonds is 3. The fourth-order valence-electron chi connectivity index (χ4n) is 1.47. The van der Waals surface area contributed by atoms with E-state index in [1.54, 1.807) is 0 Å². The van der Waals surface area contributed by atoms with Gasteiger partial charge in [0.25, 0.3) is 0 Å². The van der Waals surface area contributed by atoms with Gasteiger partial charge in [0.15, 0.2) is 0 Å². The molecule has 1 aromatic carbocycles. The Bertz CT molecular complexity index is 481. The zero-order chi connectivity index (χ0) is 11.5. The van der Waals surface area contributed by atoms with Crippen LogP contribution in [-0.4, -0.2) is 10.1 Å². The molecule has 3 nitrogen and oxygen atoms in total. The number of hydrogen-bond acceptors (Lipinski definition) is 3. The summed E-state index contributed by atoms with van der Waals surface area (Å²) >= 11 is 3.49. The van der Waals surface area contributed by atoms with E-state index < -0.39 is 0 Å².